The number of hydrogen-bond donors (Lipinski definition) is 2. The fourth-order valence-corrected chi connectivity index (χ4v) is 3.46. The van der Waals surface area contributed by atoms with Crippen LogP contribution in [0.25, 0.3) is 10.9 Å². The van der Waals surface area contributed by atoms with E-state index >= 15 is 0 Å². The van der Waals surface area contributed by atoms with Gasteiger partial charge in [-0.3, -0.25) is 14.8 Å². The van der Waals surface area contributed by atoms with E-state index in [1.54, 1.807) is 18.2 Å². The minimum absolute atomic E-state index is 0.124. The number of alkyl halides is 6. The van der Waals surface area contributed by atoms with E-state index in [0.717, 1.165) is 18.2 Å². The summed E-state index contributed by atoms with van der Waals surface area (Å²) in [5.41, 5.74) is 0.0692. The van der Waals surface area contributed by atoms with Crippen molar-refractivity contribution in [2.45, 2.75) is 18.4 Å². The molecule has 1 atom stereocenters. The van der Waals surface area contributed by atoms with Gasteiger partial charge in [-0.05, 0) is 54.1 Å². The number of carbonyl (C=O) groups is 2. The van der Waals surface area contributed by atoms with Crippen molar-refractivity contribution in [2.75, 3.05) is 0 Å². The van der Waals surface area contributed by atoms with Crippen molar-refractivity contribution in [1.29, 1.82) is 0 Å². The van der Waals surface area contributed by atoms with E-state index in [2.05, 4.69) is 15.3 Å². The lowest BCUT2D eigenvalue weighted by Gasteiger charge is -2.20. The van der Waals surface area contributed by atoms with Gasteiger partial charge < -0.3 is 10.4 Å². The number of carbonyl (C=O) groups excluding carboxylic acids is 1. The van der Waals surface area contributed by atoms with E-state index in [0.29, 0.717) is 15.9 Å². The highest BCUT2D eigenvalue weighted by atomic mass is 35.5. The molecule has 39 heavy (non-hydrogen) atoms. The van der Waals surface area contributed by atoms with Gasteiger partial charge in [0.1, 0.15) is 11.5 Å². The van der Waals surface area contributed by atoms with Gasteiger partial charge in [-0.25, -0.2) is 9.18 Å². The first-order chi connectivity index (χ1) is 18.2. The molecule has 1 unspecified atom stereocenters. The summed E-state index contributed by atoms with van der Waals surface area (Å²) in [6.07, 6.45) is -6.73. The highest BCUT2D eigenvalue weighted by Gasteiger charge is 2.38. The molecule has 4 rings (SSSR count). The topological polar surface area (TPSA) is 92.2 Å². The van der Waals surface area contributed by atoms with Crippen molar-refractivity contribution >= 4 is 34.4 Å². The number of amides is 1. The van der Waals surface area contributed by atoms with Crippen LogP contribution in [0.1, 0.15) is 33.2 Å². The summed E-state index contributed by atoms with van der Waals surface area (Å²) in [7, 11) is 0. The molecule has 6 nitrogen and oxygen atoms in total. The smallest absolute Gasteiger partial charge is 0.475 e. The first kappa shape index (κ1) is 29.3. The summed E-state index contributed by atoms with van der Waals surface area (Å²) in [5, 5.41) is 10.7. The van der Waals surface area contributed by atoms with E-state index in [9.17, 15) is 35.5 Å². The quantitative estimate of drug-likeness (QED) is 0.269. The van der Waals surface area contributed by atoms with Gasteiger partial charge in [-0.2, -0.15) is 26.3 Å². The maximum Gasteiger partial charge on any atom is 0.490 e. The molecule has 1 amide bonds. The monoisotopic (exact) mass is 573 g/mol. The molecule has 4 aromatic rings. The van der Waals surface area contributed by atoms with Gasteiger partial charge in [0, 0.05) is 23.3 Å². The highest BCUT2D eigenvalue weighted by molar-refractivity contribution is 6.35. The Kier molecular flexibility index (Phi) is 8.74. The maximum absolute atomic E-state index is 14.5. The Morgan fingerprint density at radius 1 is 0.897 bits per heavy atom. The molecule has 14 heteroatoms. The third kappa shape index (κ3) is 7.41. The van der Waals surface area contributed by atoms with Crippen LogP contribution < -0.4 is 5.32 Å². The summed E-state index contributed by atoms with van der Waals surface area (Å²) in [5.74, 6) is -4.04. The van der Waals surface area contributed by atoms with E-state index in [1.165, 1.54) is 36.7 Å². The molecule has 2 heterocycles. The summed E-state index contributed by atoms with van der Waals surface area (Å²) in [4.78, 5) is 30.0. The van der Waals surface area contributed by atoms with Crippen molar-refractivity contribution in [1.82, 2.24) is 15.3 Å². The van der Waals surface area contributed by atoms with Crippen molar-refractivity contribution in [2.24, 2.45) is 0 Å². The number of fused-ring (bicyclic) bond motifs is 1. The molecule has 204 valence electrons. The second-order valence-electron chi connectivity index (χ2n) is 7.72. The Bertz CT molecular complexity index is 1490. The SMILES string of the molecule is O=C(NC(c1ccc(C(F)(F)F)cc1)c1ncccc1F)c1ccc2nccc(Cl)c2c1.O=C(O)C(F)(F)F. The number of carboxylic acid groups (broad SMARTS) is 1. The molecule has 2 aromatic carbocycles. The molecule has 0 saturated carbocycles. The molecule has 0 aliphatic carbocycles. The Balaban J connectivity index is 0.000000532. The van der Waals surface area contributed by atoms with Crippen molar-refractivity contribution in [3.05, 3.63) is 106 Å². The van der Waals surface area contributed by atoms with Crippen molar-refractivity contribution < 1.29 is 45.4 Å². The lowest BCUT2D eigenvalue weighted by Crippen LogP contribution is -2.30. The molecule has 0 bridgehead atoms. The molecule has 2 aromatic heterocycles. The van der Waals surface area contributed by atoms with Crippen LogP contribution in [0, 0.1) is 5.82 Å². The molecule has 2 N–H and O–H groups in total. The fourth-order valence-electron chi connectivity index (χ4n) is 3.25. The first-order valence-corrected chi connectivity index (χ1v) is 11.0. The van der Waals surface area contributed by atoms with E-state index in [-0.39, 0.29) is 16.8 Å². The van der Waals surface area contributed by atoms with Gasteiger partial charge in [0.25, 0.3) is 5.91 Å². The maximum atomic E-state index is 14.5. The van der Waals surface area contributed by atoms with Gasteiger partial charge in [-0.1, -0.05) is 23.7 Å². The Morgan fingerprint density at radius 2 is 1.54 bits per heavy atom. The van der Waals surface area contributed by atoms with Crippen molar-refractivity contribution in [3.63, 3.8) is 0 Å². The van der Waals surface area contributed by atoms with Crippen LogP contribution in [0.5, 0.6) is 0 Å². The molecule has 0 radical (unpaired) electrons. The van der Waals surface area contributed by atoms with E-state index in [1.807, 2.05) is 0 Å². The molecular formula is C25H15ClF7N3O3. The normalized spacial score (nSPS) is 12.3. The fraction of sp³-hybridized carbons (Fsp3) is 0.120. The summed E-state index contributed by atoms with van der Waals surface area (Å²) >= 11 is 6.18. The summed E-state index contributed by atoms with van der Waals surface area (Å²) < 4.78 is 85.0. The number of halogens is 8. The molecule has 0 spiro atoms. The largest absolute Gasteiger partial charge is 0.490 e. The van der Waals surface area contributed by atoms with E-state index in [4.69, 9.17) is 21.5 Å². The molecule has 0 fully saturated rings. The van der Waals surface area contributed by atoms with Gasteiger partial charge in [0.05, 0.1) is 22.1 Å². The molecule has 0 aliphatic rings. The van der Waals surface area contributed by atoms with Gasteiger partial charge in [0.15, 0.2) is 0 Å². The number of aliphatic carboxylic acids is 1. The Morgan fingerprint density at radius 3 is 2.10 bits per heavy atom. The standard InChI is InChI=1S/C23H14ClF4N3O.C2HF3O2/c24-17-9-11-29-19-8-5-14(12-16(17)19)22(32)31-20(21-18(25)2-1-10-30-21)13-3-6-15(7-4-13)23(26,27)28;3-2(4,5)1(6)7/h1-12,20H,(H,31,32);(H,6,7). The predicted octanol–water partition coefficient (Wildman–Crippen LogP) is 6.59. The number of rotatable bonds is 4. The van der Waals surface area contributed by atoms with Crippen molar-refractivity contribution in [3.8, 4) is 0 Å². The number of benzene rings is 2. The highest BCUT2D eigenvalue weighted by Crippen LogP contribution is 2.31. The average molecular weight is 574 g/mol. The minimum Gasteiger partial charge on any atom is -0.475 e. The van der Waals surface area contributed by atoms with Crippen LogP contribution in [0.3, 0.4) is 0 Å². The number of nitrogens with zero attached hydrogens (tertiary/aromatic N) is 2. The van der Waals surface area contributed by atoms with E-state index < -0.39 is 41.7 Å². The predicted molar refractivity (Wildman–Crippen MR) is 125 cm³/mol. The van der Waals surface area contributed by atoms with Crippen LogP contribution in [0.4, 0.5) is 30.7 Å². The average Bonchev–Trinajstić information content (AvgIpc) is 2.87. The lowest BCUT2D eigenvalue weighted by atomic mass is 10.00. The zero-order valence-electron chi connectivity index (χ0n) is 19.2. The van der Waals surface area contributed by atoms with Crippen LogP contribution >= 0.6 is 11.6 Å². The van der Waals surface area contributed by atoms with Crippen LogP contribution in [0.2, 0.25) is 5.02 Å². The molecule has 0 saturated heterocycles. The van der Waals surface area contributed by atoms with Crippen LogP contribution in [-0.2, 0) is 11.0 Å². The number of aromatic nitrogens is 2. The Hall–Kier alpha value is -4.26. The summed E-state index contributed by atoms with van der Waals surface area (Å²) in [6.45, 7) is 0. The van der Waals surface area contributed by atoms with Gasteiger partial charge in [-0.15, -0.1) is 0 Å². The number of nitrogens with one attached hydrogen (secondary N) is 1. The van der Waals surface area contributed by atoms with Crippen LogP contribution in [0.15, 0.2) is 73.1 Å². The first-order valence-electron chi connectivity index (χ1n) is 10.6. The third-order valence-electron chi connectivity index (χ3n) is 5.10. The van der Waals surface area contributed by atoms with Crippen LogP contribution in [-0.4, -0.2) is 33.1 Å². The lowest BCUT2D eigenvalue weighted by molar-refractivity contribution is -0.192. The minimum atomic E-state index is -5.08. The third-order valence-corrected chi connectivity index (χ3v) is 5.43. The number of carboxylic acids is 1. The number of hydrogen-bond acceptors (Lipinski definition) is 4. The Labute approximate surface area is 220 Å². The van der Waals surface area contributed by atoms with Gasteiger partial charge in [0.2, 0.25) is 0 Å². The van der Waals surface area contributed by atoms with Gasteiger partial charge >= 0.3 is 18.3 Å². The molecule has 0 aliphatic heterocycles. The second kappa shape index (κ2) is 11.6. The molecular weight excluding hydrogens is 559 g/mol. The zero-order valence-corrected chi connectivity index (χ0v) is 19.9. The number of pyridine rings is 2. The zero-order chi connectivity index (χ0) is 29.0. The second-order valence-corrected chi connectivity index (χ2v) is 8.13. The summed E-state index contributed by atoms with van der Waals surface area (Å²) in [6, 6.07) is 11.8.